The number of hydrogen-bond acceptors (Lipinski definition) is 2. The lowest BCUT2D eigenvalue weighted by Crippen LogP contribution is -2.19. The Morgan fingerprint density at radius 1 is 1.28 bits per heavy atom. The molecule has 1 aromatic rings. The molecule has 0 spiro atoms. The summed E-state index contributed by atoms with van der Waals surface area (Å²) in [6.45, 7) is 12.4. The van der Waals surface area contributed by atoms with Gasteiger partial charge in [-0.2, -0.15) is 0 Å². The summed E-state index contributed by atoms with van der Waals surface area (Å²) in [7, 11) is 0. The normalized spacial score (nSPS) is 11.7. The topological polar surface area (TPSA) is 26.3 Å². The standard InChI is InChI=1S/C16H24O2/c1-11(2)14(17)10-18-15-9-12(3)7-8-13(15)16(4,5)6/h7-9,11H,10H2,1-6H3. The SMILES string of the molecule is Cc1ccc(C(C)(C)C)c(OCC(=O)C(C)C)c1. The number of aryl methyl sites for hydroxylation is 1. The van der Waals surface area contributed by atoms with Crippen LogP contribution in [-0.4, -0.2) is 12.4 Å². The highest BCUT2D eigenvalue weighted by Crippen LogP contribution is 2.32. The molecule has 0 unspecified atom stereocenters. The van der Waals surface area contributed by atoms with E-state index in [1.54, 1.807) is 0 Å². The van der Waals surface area contributed by atoms with Crippen molar-refractivity contribution >= 4 is 5.78 Å². The quantitative estimate of drug-likeness (QED) is 0.808. The molecule has 0 heterocycles. The fourth-order valence-corrected chi connectivity index (χ4v) is 1.68. The zero-order chi connectivity index (χ0) is 13.9. The zero-order valence-electron chi connectivity index (χ0n) is 12.3. The van der Waals surface area contributed by atoms with E-state index in [0.717, 1.165) is 16.9 Å². The number of carbonyl (C=O) groups excluding carboxylic acids is 1. The van der Waals surface area contributed by atoms with Crippen LogP contribution in [0.15, 0.2) is 18.2 Å². The number of ketones is 1. The number of ether oxygens (including phenoxy) is 1. The first-order valence-electron chi connectivity index (χ1n) is 6.48. The zero-order valence-corrected chi connectivity index (χ0v) is 12.3. The summed E-state index contributed by atoms with van der Waals surface area (Å²) in [5, 5.41) is 0. The van der Waals surface area contributed by atoms with Gasteiger partial charge in [-0.25, -0.2) is 0 Å². The van der Waals surface area contributed by atoms with Crippen molar-refractivity contribution in [1.82, 2.24) is 0 Å². The van der Waals surface area contributed by atoms with Crippen LogP contribution in [0.5, 0.6) is 5.75 Å². The Balaban J connectivity index is 2.93. The second-order valence-electron chi connectivity index (χ2n) is 6.16. The minimum absolute atomic E-state index is 0.0178. The third-order valence-electron chi connectivity index (χ3n) is 2.96. The number of carbonyl (C=O) groups is 1. The lowest BCUT2D eigenvalue weighted by atomic mass is 9.86. The first kappa shape index (κ1) is 14.7. The molecule has 0 aliphatic heterocycles. The molecule has 0 saturated carbocycles. The molecular weight excluding hydrogens is 224 g/mol. The molecule has 0 aliphatic rings. The molecule has 100 valence electrons. The van der Waals surface area contributed by atoms with Gasteiger partial charge in [-0.05, 0) is 29.5 Å². The van der Waals surface area contributed by atoms with E-state index in [-0.39, 0.29) is 23.7 Å². The molecule has 18 heavy (non-hydrogen) atoms. The molecule has 2 heteroatoms. The summed E-state index contributed by atoms with van der Waals surface area (Å²) in [5.41, 5.74) is 2.31. The maximum Gasteiger partial charge on any atom is 0.172 e. The van der Waals surface area contributed by atoms with Gasteiger partial charge in [0, 0.05) is 5.92 Å². The van der Waals surface area contributed by atoms with E-state index < -0.39 is 0 Å². The second kappa shape index (κ2) is 5.55. The van der Waals surface area contributed by atoms with Gasteiger partial charge in [-0.3, -0.25) is 4.79 Å². The highest BCUT2D eigenvalue weighted by molar-refractivity contribution is 5.81. The molecule has 2 nitrogen and oxygen atoms in total. The molecule has 0 amide bonds. The predicted octanol–water partition coefficient (Wildman–Crippen LogP) is 3.90. The van der Waals surface area contributed by atoms with Crippen LogP contribution in [0, 0.1) is 12.8 Å². The number of benzene rings is 1. The first-order valence-corrected chi connectivity index (χ1v) is 6.48. The average molecular weight is 248 g/mol. The lowest BCUT2D eigenvalue weighted by Gasteiger charge is -2.23. The maximum atomic E-state index is 11.6. The highest BCUT2D eigenvalue weighted by Gasteiger charge is 2.19. The van der Waals surface area contributed by atoms with Gasteiger partial charge in [0.15, 0.2) is 5.78 Å². The van der Waals surface area contributed by atoms with E-state index in [4.69, 9.17) is 4.74 Å². The number of hydrogen-bond donors (Lipinski definition) is 0. The number of Topliss-reactive ketones (excluding diaryl/α,β-unsaturated/α-hetero) is 1. The van der Waals surface area contributed by atoms with Crippen molar-refractivity contribution in [2.75, 3.05) is 6.61 Å². The van der Waals surface area contributed by atoms with Crippen molar-refractivity contribution in [2.24, 2.45) is 5.92 Å². The molecule has 0 saturated heterocycles. The number of rotatable bonds is 4. The van der Waals surface area contributed by atoms with Crippen LogP contribution in [0.1, 0.15) is 45.7 Å². The smallest absolute Gasteiger partial charge is 0.172 e. The summed E-state index contributed by atoms with van der Waals surface area (Å²) >= 11 is 0. The van der Waals surface area contributed by atoms with Crippen molar-refractivity contribution in [2.45, 2.75) is 47.0 Å². The first-order chi connectivity index (χ1) is 8.21. The Bertz CT molecular complexity index is 425. The Morgan fingerprint density at radius 3 is 2.39 bits per heavy atom. The van der Waals surface area contributed by atoms with Crippen LogP contribution in [0.3, 0.4) is 0 Å². The van der Waals surface area contributed by atoms with E-state index in [1.807, 2.05) is 26.8 Å². The average Bonchev–Trinajstić information content (AvgIpc) is 2.23. The predicted molar refractivity (Wildman–Crippen MR) is 75.2 cm³/mol. The fraction of sp³-hybridized carbons (Fsp3) is 0.562. The van der Waals surface area contributed by atoms with E-state index in [1.165, 1.54) is 0 Å². The summed E-state index contributed by atoms with van der Waals surface area (Å²) in [4.78, 5) is 11.6. The van der Waals surface area contributed by atoms with Crippen LogP contribution in [0.25, 0.3) is 0 Å². The molecule has 0 bridgehead atoms. The molecule has 1 aromatic carbocycles. The largest absolute Gasteiger partial charge is 0.486 e. The third-order valence-corrected chi connectivity index (χ3v) is 2.96. The minimum atomic E-state index is 0.0178. The van der Waals surface area contributed by atoms with Crippen LogP contribution in [0.4, 0.5) is 0 Å². The van der Waals surface area contributed by atoms with Gasteiger partial charge in [0.05, 0.1) is 0 Å². The highest BCUT2D eigenvalue weighted by atomic mass is 16.5. The Kier molecular flexibility index (Phi) is 4.55. The second-order valence-corrected chi connectivity index (χ2v) is 6.16. The molecule has 0 atom stereocenters. The van der Waals surface area contributed by atoms with E-state index >= 15 is 0 Å². The monoisotopic (exact) mass is 248 g/mol. The van der Waals surface area contributed by atoms with Crippen molar-refractivity contribution < 1.29 is 9.53 Å². The van der Waals surface area contributed by atoms with Gasteiger partial charge < -0.3 is 4.74 Å². The Labute approximate surface area is 110 Å². The fourth-order valence-electron chi connectivity index (χ4n) is 1.68. The molecule has 0 fully saturated rings. The van der Waals surface area contributed by atoms with Gasteiger partial charge in [0.2, 0.25) is 0 Å². The maximum absolute atomic E-state index is 11.6. The van der Waals surface area contributed by atoms with Crippen LogP contribution in [0.2, 0.25) is 0 Å². The summed E-state index contributed by atoms with van der Waals surface area (Å²) in [6.07, 6.45) is 0. The van der Waals surface area contributed by atoms with Gasteiger partial charge in [-0.1, -0.05) is 46.8 Å². The molecule has 1 rings (SSSR count). The van der Waals surface area contributed by atoms with Gasteiger partial charge in [0.25, 0.3) is 0 Å². The summed E-state index contributed by atoms with van der Waals surface area (Å²) in [6, 6.07) is 6.18. The van der Waals surface area contributed by atoms with E-state index in [9.17, 15) is 4.79 Å². The van der Waals surface area contributed by atoms with Crippen molar-refractivity contribution in [3.8, 4) is 5.75 Å². The molecule has 0 aliphatic carbocycles. The summed E-state index contributed by atoms with van der Waals surface area (Å²) in [5.74, 6) is 0.987. The van der Waals surface area contributed by atoms with Crippen molar-refractivity contribution in [3.05, 3.63) is 29.3 Å². The van der Waals surface area contributed by atoms with Gasteiger partial charge in [0.1, 0.15) is 12.4 Å². The van der Waals surface area contributed by atoms with Crippen LogP contribution < -0.4 is 4.74 Å². The molecule has 0 radical (unpaired) electrons. The van der Waals surface area contributed by atoms with Gasteiger partial charge in [-0.15, -0.1) is 0 Å². The van der Waals surface area contributed by atoms with Gasteiger partial charge >= 0.3 is 0 Å². The Morgan fingerprint density at radius 2 is 1.89 bits per heavy atom. The molecular formula is C16H24O2. The summed E-state index contributed by atoms with van der Waals surface area (Å²) < 4.78 is 5.72. The van der Waals surface area contributed by atoms with Crippen LogP contribution >= 0.6 is 0 Å². The Hall–Kier alpha value is -1.31. The molecule has 0 N–H and O–H groups in total. The third kappa shape index (κ3) is 3.86. The minimum Gasteiger partial charge on any atom is -0.486 e. The molecule has 0 aromatic heterocycles. The van der Waals surface area contributed by atoms with E-state index in [2.05, 4.69) is 32.9 Å². The van der Waals surface area contributed by atoms with Crippen molar-refractivity contribution in [3.63, 3.8) is 0 Å². The van der Waals surface area contributed by atoms with E-state index in [0.29, 0.717) is 0 Å². The van der Waals surface area contributed by atoms with Crippen LogP contribution in [-0.2, 0) is 10.2 Å². The lowest BCUT2D eigenvalue weighted by molar-refractivity contribution is -0.123. The van der Waals surface area contributed by atoms with Crippen molar-refractivity contribution in [1.29, 1.82) is 0 Å².